The number of rotatable bonds is 4. The standard InChI is InChI=1S/C16H15ClF3NO2/c17-12-7-10(5-6-22)14(21)13(8-12)15(23)9-1-3-11(4-2-9)16(18,19)20/h1-4,7-8,15,22-23H,5-6,21H2. The van der Waals surface area contributed by atoms with Crippen LogP contribution in [0.1, 0.15) is 28.4 Å². The minimum Gasteiger partial charge on any atom is -0.398 e. The summed E-state index contributed by atoms with van der Waals surface area (Å²) in [5.41, 5.74) is 6.56. The molecule has 1 atom stereocenters. The van der Waals surface area contributed by atoms with Crippen LogP contribution >= 0.6 is 11.6 Å². The van der Waals surface area contributed by atoms with E-state index in [0.717, 1.165) is 12.1 Å². The van der Waals surface area contributed by atoms with E-state index in [4.69, 9.17) is 22.4 Å². The molecule has 2 aromatic rings. The van der Waals surface area contributed by atoms with Gasteiger partial charge in [-0.1, -0.05) is 23.7 Å². The average molecular weight is 346 g/mol. The molecular formula is C16H15ClF3NO2. The minimum absolute atomic E-state index is 0.139. The molecule has 0 fully saturated rings. The number of alkyl halides is 3. The van der Waals surface area contributed by atoms with Crippen LogP contribution in [0.25, 0.3) is 0 Å². The first-order valence-corrected chi connectivity index (χ1v) is 7.15. The van der Waals surface area contributed by atoms with E-state index < -0.39 is 17.8 Å². The summed E-state index contributed by atoms with van der Waals surface area (Å²) in [6.07, 6.45) is -5.39. The Morgan fingerprint density at radius 3 is 2.26 bits per heavy atom. The minimum atomic E-state index is -4.44. The molecule has 0 aromatic heterocycles. The molecule has 3 nitrogen and oxygen atoms in total. The van der Waals surface area contributed by atoms with E-state index in [1.807, 2.05) is 0 Å². The molecule has 1 unspecified atom stereocenters. The fraction of sp³-hybridized carbons (Fsp3) is 0.250. The number of aliphatic hydroxyl groups excluding tert-OH is 2. The second-order valence-electron chi connectivity index (χ2n) is 5.06. The van der Waals surface area contributed by atoms with Crippen LogP contribution in [0.4, 0.5) is 18.9 Å². The number of nitrogen functional groups attached to an aromatic ring is 1. The molecule has 124 valence electrons. The van der Waals surface area contributed by atoms with Gasteiger partial charge in [0.05, 0.1) is 5.56 Å². The third-order valence-corrected chi connectivity index (χ3v) is 3.71. The number of nitrogens with two attached hydrogens (primary N) is 1. The summed E-state index contributed by atoms with van der Waals surface area (Å²) in [5.74, 6) is 0. The molecular weight excluding hydrogens is 331 g/mol. The van der Waals surface area contributed by atoms with Crippen LogP contribution in [0.15, 0.2) is 36.4 Å². The summed E-state index contributed by atoms with van der Waals surface area (Å²) >= 11 is 5.98. The molecule has 23 heavy (non-hydrogen) atoms. The van der Waals surface area contributed by atoms with Gasteiger partial charge in [-0.3, -0.25) is 0 Å². The predicted molar refractivity (Wildman–Crippen MR) is 82.2 cm³/mol. The summed E-state index contributed by atoms with van der Waals surface area (Å²) in [5, 5.41) is 19.7. The van der Waals surface area contributed by atoms with Crippen molar-refractivity contribution in [1.29, 1.82) is 0 Å². The Morgan fingerprint density at radius 2 is 1.74 bits per heavy atom. The van der Waals surface area contributed by atoms with Crippen LogP contribution in [0, 0.1) is 0 Å². The van der Waals surface area contributed by atoms with Gasteiger partial charge in [-0.05, 0) is 41.8 Å². The van der Waals surface area contributed by atoms with Gasteiger partial charge in [0.25, 0.3) is 0 Å². The number of halogens is 4. The van der Waals surface area contributed by atoms with Crippen molar-refractivity contribution in [1.82, 2.24) is 0 Å². The van der Waals surface area contributed by atoms with E-state index in [2.05, 4.69) is 0 Å². The molecule has 0 radical (unpaired) electrons. The molecule has 0 bridgehead atoms. The van der Waals surface area contributed by atoms with Crippen LogP contribution in [0.3, 0.4) is 0 Å². The second-order valence-corrected chi connectivity index (χ2v) is 5.50. The zero-order valence-electron chi connectivity index (χ0n) is 11.9. The van der Waals surface area contributed by atoms with Crippen molar-refractivity contribution in [3.8, 4) is 0 Å². The van der Waals surface area contributed by atoms with E-state index >= 15 is 0 Å². The van der Waals surface area contributed by atoms with Gasteiger partial charge >= 0.3 is 6.18 Å². The van der Waals surface area contributed by atoms with E-state index in [-0.39, 0.29) is 24.3 Å². The highest BCUT2D eigenvalue weighted by molar-refractivity contribution is 6.30. The second kappa shape index (κ2) is 6.78. The van der Waals surface area contributed by atoms with Gasteiger partial charge in [-0.15, -0.1) is 0 Å². The Morgan fingerprint density at radius 1 is 1.13 bits per heavy atom. The molecule has 0 amide bonds. The normalized spacial score (nSPS) is 13.1. The first kappa shape index (κ1) is 17.6. The number of aliphatic hydroxyl groups is 2. The molecule has 0 aliphatic carbocycles. The third-order valence-electron chi connectivity index (χ3n) is 3.49. The molecule has 7 heteroatoms. The lowest BCUT2D eigenvalue weighted by atomic mass is 9.96. The Balaban J connectivity index is 2.38. The maximum Gasteiger partial charge on any atom is 0.416 e. The highest BCUT2D eigenvalue weighted by atomic mass is 35.5. The topological polar surface area (TPSA) is 66.5 Å². The number of hydrogen-bond acceptors (Lipinski definition) is 3. The summed E-state index contributed by atoms with van der Waals surface area (Å²) < 4.78 is 37.7. The number of benzene rings is 2. The Kier molecular flexibility index (Phi) is 5.19. The zero-order chi connectivity index (χ0) is 17.2. The first-order valence-electron chi connectivity index (χ1n) is 6.78. The lowest BCUT2D eigenvalue weighted by Gasteiger charge is -2.18. The molecule has 0 saturated heterocycles. The number of anilines is 1. The number of hydrogen-bond donors (Lipinski definition) is 3. The van der Waals surface area contributed by atoms with Crippen molar-refractivity contribution in [3.05, 3.63) is 63.7 Å². The smallest absolute Gasteiger partial charge is 0.398 e. The molecule has 2 rings (SSSR count). The van der Waals surface area contributed by atoms with Crippen molar-refractivity contribution in [2.45, 2.75) is 18.7 Å². The summed E-state index contributed by atoms with van der Waals surface area (Å²) in [7, 11) is 0. The average Bonchev–Trinajstić information content (AvgIpc) is 2.49. The molecule has 4 N–H and O–H groups in total. The molecule has 0 spiro atoms. The lowest BCUT2D eigenvalue weighted by Crippen LogP contribution is -2.09. The van der Waals surface area contributed by atoms with E-state index in [1.165, 1.54) is 18.2 Å². The van der Waals surface area contributed by atoms with Gasteiger partial charge in [-0.25, -0.2) is 0 Å². The Bertz CT molecular complexity index is 687. The van der Waals surface area contributed by atoms with Crippen LogP contribution in [-0.2, 0) is 12.6 Å². The maximum absolute atomic E-state index is 12.6. The van der Waals surface area contributed by atoms with E-state index in [0.29, 0.717) is 16.1 Å². The third kappa shape index (κ3) is 3.96. The monoisotopic (exact) mass is 345 g/mol. The van der Waals surface area contributed by atoms with Crippen molar-refractivity contribution < 1.29 is 23.4 Å². The predicted octanol–water partition coefficient (Wildman–Crippen LogP) is 3.56. The fourth-order valence-corrected chi connectivity index (χ4v) is 2.53. The van der Waals surface area contributed by atoms with Crippen molar-refractivity contribution in [3.63, 3.8) is 0 Å². The van der Waals surface area contributed by atoms with E-state index in [1.54, 1.807) is 6.07 Å². The zero-order valence-corrected chi connectivity index (χ0v) is 12.7. The molecule has 0 heterocycles. The van der Waals surface area contributed by atoms with Crippen LogP contribution in [0.2, 0.25) is 5.02 Å². The quantitative estimate of drug-likeness (QED) is 0.742. The maximum atomic E-state index is 12.6. The van der Waals surface area contributed by atoms with Crippen LogP contribution in [0.5, 0.6) is 0 Å². The van der Waals surface area contributed by atoms with Crippen molar-refractivity contribution in [2.75, 3.05) is 12.3 Å². The highest BCUT2D eigenvalue weighted by Gasteiger charge is 2.30. The highest BCUT2D eigenvalue weighted by Crippen LogP contribution is 2.34. The van der Waals surface area contributed by atoms with Gasteiger partial charge < -0.3 is 15.9 Å². The largest absolute Gasteiger partial charge is 0.416 e. The van der Waals surface area contributed by atoms with Gasteiger partial charge in [0.2, 0.25) is 0 Å². The van der Waals surface area contributed by atoms with Gasteiger partial charge in [0, 0.05) is 22.9 Å². The van der Waals surface area contributed by atoms with Crippen molar-refractivity contribution in [2.24, 2.45) is 0 Å². The molecule has 0 aliphatic heterocycles. The van der Waals surface area contributed by atoms with Gasteiger partial charge in [-0.2, -0.15) is 13.2 Å². The molecule has 0 saturated carbocycles. The van der Waals surface area contributed by atoms with Crippen LogP contribution < -0.4 is 5.73 Å². The Hall–Kier alpha value is -1.76. The Labute approximate surface area is 136 Å². The van der Waals surface area contributed by atoms with Crippen molar-refractivity contribution >= 4 is 17.3 Å². The molecule has 2 aromatic carbocycles. The summed E-state index contributed by atoms with van der Waals surface area (Å²) in [4.78, 5) is 0. The lowest BCUT2D eigenvalue weighted by molar-refractivity contribution is -0.137. The summed E-state index contributed by atoms with van der Waals surface area (Å²) in [6, 6.07) is 7.22. The first-order chi connectivity index (χ1) is 10.7. The van der Waals surface area contributed by atoms with Gasteiger partial charge in [0.15, 0.2) is 0 Å². The van der Waals surface area contributed by atoms with Crippen LogP contribution in [-0.4, -0.2) is 16.8 Å². The SMILES string of the molecule is Nc1c(CCO)cc(Cl)cc1C(O)c1ccc(C(F)(F)F)cc1. The van der Waals surface area contributed by atoms with Gasteiger partial charge in [0.1, 0.15) is 6.10 Å². The van der Waals surface area contributed by atoms with E-state index in [9.17, 15) is 18.3 Å². The fourth-order valence-electron chi connectivity index (χ4n) is 2.29. The summed E-state index contributed by atoms with van der Waals surface area (Å²) in [6.45, 7) is -0.139. The molecule has 0 aliphatic rings.